The summed E-state index contributed by atoms with van der Waals surface area (Å²) >= 11 is 6.43. The lowest BCUT2D eigenvalue weighted by Gasteiger charge is -2.32. The summed E-state index contributed by atoms with van der Waals surface area (Å²) in [5, 5.41) is 14.3. The van der Waals surface area contributed by atoms with Gasteiger partial charge >= 0.3 is 6.18 Å². The maximum Gasteiger partial charge on any atom is 0.438 e. The highest BCUT2D eigenvalue weighted by Crippen LogP contribution is 2.42. The van der Waals surface area contributed by atoms with Crippen molar-refractivity contribution in [3.8, 4) is 0 Å². The molecule has 0 saturated heterocycles. The molecule has 0 unspecified atom stereocenters. The van der Waals surface area contributed by atoms with Crippen LogP contribution in [0.25, 0.3) is 0 Å². The van der Waals surface area contributed by atoms with Crippen LogP contribution in [0.1, 0.15) is 22.3 Å². The SMILES string of the molecule is O=C(c1ccc(Br)cc1)N1N=C(c2cccc(Br)c2)C[C@@]1(O)C(F)(F)F. The topological polar surface area (TPSA) is 52.9 Å². The van der Waals surface area contributed by atoms with Crippen LogP contribution in [0.15, 0.2) is 62.6 Å². The van der Waals surface area contributed by atoms with E-state index in [2.05, 4.69) is 37.0 Å². The van der Waals surface area contributed by atoms with E-state index in [1.54, 1.807) is 24.3 Å². The van der Waals surface area contributed by atoms with Gasteiger partial charge in [0.2, 0.25) is 0 Å². The van der Waals surface area contributed by atoms with Crippen molar-refractivity contribution in [2.24, 2.45) is 5.10 Å². The van der Waals surface area contributed by atoms with E-state index in [1.165, 1.54) is 24.3 Å². The predicted molar refractivity (Wildman–Crippen MR) is 96.6 cm³/mol. The Balaban J connectivity index is 2.05. The van der Waals surface area contributed by atoms with Crippen molar-refractivity contribution < 1.29 is 23.1 Å². The second-order valence-electron chi connectivity index (χ2n) is 5.67. The second kappa shape index (κ2) is 6.79. The molecule has 1 aliphatic heterocycles. The average Bonchev–Trinajstić information content (AvgIpc) is 2.94. The summed E-state index contributed by atoms with van der Waals surface area (Å²) in [4.78, 5) is 12.6. The molecule has 0 fully saturated rings. The number of aliphatic hydroxyl groups is 1. The molecule has 0 spiro atoms. The van der Waals surface area contributed by atoms with Crippen molar-refractivity contribution >= 4 is 43.5 Å². The summed E-state index contributed by atoms with van der Waals surface area (Å²) in [6, 6.07) is 12.2. The van der Waals surface area contributed by atoms with E-state index in [-0.39, 0.29) is 16.3 Å². The van der Waals surface area contributed by atoms with Crippen molar-refractivity contribution in [2.75, 3.05) is 0 Å². The number of carbonyl (C=O) groups excluding carboxylic acids is 1. The molecular weight excluding hydrogens is 481 g/mol. The molecular formula is C17H11Br2F3N2O2. The molecule has 0 aliphatic carbocycles. The van der Waals surface area contributed by atoms with Gasteiger partial charge in [-0.3, -0.25) is 4.79 Å². The van der Waals surface area contributed by atoms with Crippen LogP contribution in [0.5, 0.6) is 0 Å². The quantitative estimate of drug-likeness (QED) is 0.661. The molecule has 4 nitrogen and oxygen atoms in total. The summed E-state index contributed by atoms with van der Waals surface area (Å²) < 4.78 is 42.0. The predicted octanol–water partition coefficient (Wildman–Crippen LogP) is 4.71. The van der Waals surface area contributed by atoms with E-state index in [4.69, 9.17) is 0 Å². The van der Waals surface area contributed by atoms with Crippen LogP contribution >= 0.6 is 31.9 Å². The highest BCUT2D eigenvalue weighted by molar-refractivity contribution is 9.10. The maximum atomic E-state index is 13.6. The van der Waals surface area contributed by atoms with E-state index in [1.807, 2.05) is 0 Å². The van der Waals surface area contributed by atoms with Gasteiger partial charge in [-0.05, 0) is 42.0 Å². The molecule has 9 heteroatoms. The Labute approximate surface area is 163 Å². The summed E-state index contributed by atoms with van der Waals surface area (Å²) in [6.07, 6.45) is -5.93. The minimum Gasteiger partial charge on any atom is -0.362 e. The third kappa shape index (κ3) is 3.43. The van der Waals surface area contributed by atoms with Gasteiger partial charge in [0, 0.05) is 14.5 Å². The number of benzene rings is 2. The number of hydrogen-bond acceptors (Lipinski definition) is 3. The fourth-order valence-electron chi connectivity index (χ4n) is 2.52. The zero-order valence-electron chi connectivity index (χ0n) is 13.0. The van der Waals surface area contributed by atoms with Crippen LogP contribution in [0.2, 0.25) is 0 Å². The molecule has 0 aromatic heterocycles. The second-order valence-corrected chi connectivity index (χ2v) is 7.50. The molecule has 0 bridgehead atoms. The van der Waals surface area contributed by atoms with Crippen LogP contribution in [0.3, 0.4) is 0 Å². The lowest BCUT2D eigenvalue weighted by Crippen LogP contribution is -2.56. The summed E-state index contributed by atoms with van der Waals surface area (Å²) in [6.45, 7) is 0. The van der Waals surface area contributed by atoms with Gasteiger partial charge < -0.3 is 5.11 Å². The monoisotopic (exact) mass is 490 g/mol. The van der Waals surface area contributed by atoms with Gasteiger partial charge in [0.15, 0.2) is 0 Å². The Hall–Kier alpha value is -1.71. The van der Waals surface area contributed by atoms with Gasteiger partial charge in [-0.1, -0.05) is 44.0 Å². The number of nitrogens with zero attached hydrogens (tertiary/aromatic N) is 2. The van der Waals surface area contributed by atoms with Crippen molar-refractivity contribution in [3.63, 3.8) is 0 Å². The first-order valence-electron chi connectivity index (χ1n) is 7.34. The molecule has 136 valence electrons. The molecule has 2 aromatic carbocycles. The molecule has 1 N–H and O–H groups in total. The third-order valence-electron chi connectivity index (χ3n) is 3.88. The number of hydrogen-bond donors (Lipinski definition) is 1. The first kappa shape index (κ1) is 19.1. The van der Waals surface area contributed by atoms with Crippen LogP contribution in [0.4, 0.5) is 13.2 Å². The van der Waals surface area contributed by atoms with Gasteiger partial charge in [-0.2, -0.15) is 23.3 Å². The number of halogens is 5. The first-order chi connectivity index (χ1) is 12.1. The zero-order chi connectivity index (χ0) is 19.1. The zero-order valence-corrected chi connectivity index (χ0v) is 16.1. The highest BCUT2D eigenvalue weighted by atomic mass is 79.9. The molecule has 3 rings (SSSR count). The van der Waals surface area contributed by atoms with E-state index in [0.717, 1.165) is 0 Å². The van der Waals surface area contributed by atoms with E-state index < -0.39 is 24.2 Å². The summed E-state index contributed by atoms with van der Waals surface area (Å²) in [5.74, 6) is -1.04. The van der Waals surface area contributed by atoms with Gasteiger partial charge in [0.1, 0.15) is 0 Å². The maximum absolute atomic E-state index is 13.6. The lowest BCUT2D eigenvalue weighted by molar-refractivity contribution is -0.297. The molecule has 2 aromatic rings. The number of rotatable bonds is 2. The standard InChI is InChI=1S/C17H11Br2F3N2O2/c18-12-6-4-10(5-7-12)15(25)24-16(26,17(20,21)22)9-14(23-24)11-2-1-3-13(19)8-11/h1-8,26H,9H2/t16-/m1/s1. The Morgan fingerprint density at radius 3 is 2.35 bits per heavy atom. The highest BCUT2D eigenvalue weighted by Gasteiger charge is 2.63. The van der Waals surface area contributed by atoms with Crippen molar-refractivity contribution in [3.05, 3.63) is 68.6 Å². The number of hydrazone groups is 1. The average molecular weight is 492 g/mol. The van der Waals surface area contributed by atoms with Crippen LogP contribution < -0.4 is 0 Å². The molecule has 0 radical (unpaired) electrons. The Morgan fingerprint density at radius 2 is 1.77 bits per heavy atom. The molecule has 0 saturated carbocycles. The Bertz CT molecular complexity index is 884. The minimum absolute atomic E-state index is 0.0184. The van der Waals surface area contributed by atoms with E-state index >= 15 is 0 Å². The van der Waals surface area contributed by atoms with Gasteiger partial charge in [0.05, 0.1) is 12.1 Å². The number of amides is 1. The van der Waals surface area contributed by atoms with Crippen molar-refractivity contribution in [1.82, 2.24) is 5.01 Å². The lowest BCUT2D eigenvalue weighted by atomic mass is 10.0. The normalized spacial score (nSPS) is 20.2. The fraction of sp³-hybridized carbons (Fsp3) is 0.176. The van der Waals surface area contributed by atoms with Crippen LogP contribution in [-0.4, -0.2) is 33.6 Å². The minimum atomic E-state index is -5.07. The largest absolute Gasteiger partial charge is 0.438 e. The van der Waals surface area contributed by atoms with Gasteiger partial charge in [0.25, 0.3) is 11.6 Å². The number of alkyl halides is 3. The number of carbonyl (C=O) groups is 1. The van der Waals surface area contributed by atoms with E-state index in [0.29, 0.717) is 14.5 Å². The summed E-state index contributed by atoms with van der Waals surface area (Å²) in [7, 11) is 0. The first-order valence-corrected chi connectivity index (χ1v) is 8.93. The van der Waals surface area contributed by atoms with Crippen molar-refractivity contribution in [1.29, 1.82) is 0 Å². The smallest absolute Gasteiger partial charge is 0.362 e. The van der Waals surface area contributed by atoms with Crippen LogP contribution in [0, 0.1) is 0 Å². The molecule has 1 atom stereocenters. The van der Waals surface area contributed by atoms with Gasteiger partial charge in [-0.25, -0.2) is 0 Å². The third-order valence-corrected chi connectivity index (χ3v) is 4.90. The summed E-state index contributed by atoms with van der Waals surface area (Å²) in [5.41, 5.74) is -3.07. The van der Waals surface area contributed by atoms with Gasteiger partial charge in [-0.15, -0.1) is 0 Å². The molecule has 1 aliphatic rings. The fourth-order valence-corrected chi connectivity index (χ4v) is 3.19. The van der Waals surface area contributed by atoms with Crippen LogP contribution in [-0.2, 0) is 0 Å². The Morgan fingerprint density at radius 1 is 1.12 bits per heavy atom. The van der Waals surface area contributed by atoms with E-state index in [9.17, 15) is 23.1 Å². The van der Waals surface area contributed by atoms with Crippen molar-refractivity contribution in [2.45, 2.75) is 18.3 Å². The Kier molecular flexibility index (Phi) is 4.98. The molecule has 26 heavy (non-hydrogen) atoms. The molecule has 1 amide bonds. The molecule has 1 heterocycles.